The summed E-state index contributed by atoms with van der Waals surface area (Å²) >= 11 is 2.90. The highest BCUT2D eigenvalue weighted by Gasteiger charge is 2.23. The van der Waals surface area contributed by atoms with E-state index in [2.05, 4.69) is 16.4 Å². The Balaban J connectivity index is 1.32. The highest BCUT2D eigenvalue weighted by Crippen LogP contribution is 2.38. The summed E-state index contributed by atoms with van der Waals surface area (Å²) in [4.78, 5) is 29.5. The van der Waals surface area contributed by atoms with Gasteiger partial charge in [0.2, 0.25) is 0 Å². The maximum absolute atomic E-state index is 12.1. The number of thiophene rings is 1. The lowest BCUT2D eigenvalue weighted by molar-refractivity contribution is -0.142. The summed E-state index contributed by atoms with van der Waals surface area (Å²) in [6.07, 6.45) is 5.68. The van der Waals surface area contributed by atoms with Gasteiger partial charge >= 0.3 is 5.97 Å². The lowest BCUT2D eigenvalue weighted by Crippen LogP contribution is -2.20. The van der Waals surface area contributed by atoms with Crippen molar-refractivity contribution in [3.63, 3.8) is 0 Å². The van der Waals surface area contributed by atoms with Gasteiger partial charge < -0.3 is 10.1 Å². The number of anilines is 1. The first-order valence-electron chi connectivity index (χ1n) is 8.69. The molecule has 0 fully saturated rings. The predicted octanol–water partition coefficient (Wildman–Crippen LogP) is 3.91. The highest BCUT2D eigenvalue weighted by atomic mass is 32.1. The molecule has 2 heterocycles. The highest BCUT2D eigenvalue weighted by molar-refractivity contribution is 7.19. The molecule has 2 aromatic heterocycles. The molecule has 0 radical (unpaired) electrons. The standard InChI is InChI=1S/C20H15N3O3S2/c21-10-13-12-4-3-7-15(12)28-20(13)23-17(24)11-26-19(25)9-8-18-22-14-5-1-2-6-16(14)27-18/h1-2,5-6,8-9H,3-4,7,11H2,(H,23,24). The fourth-order valence-corrected chi connectivity index (χ4v) is 5.18. The minimum Gasteiger partial charge on any atom is -0.452 e. The number of esters is 1. The molecular weight excluding hydrogens is 394 g/mol. The number of carbonyl (C=O) groups excluding carboxylic acids is 2. The van der Waals surface area contributed by atoms with Crippen molar-refractivity contribution in [2.75, 3.05) is 11.9 Å². The smallest absolute Gasteiger partial charge is 0.331 e. The molecule has 0 spiro atoms. The Morgan fingerprint density at radius 1 is 1.29 bits per heavy atom. The van der Waals surface area contributed by atoms with Crippen LogP contribution in [-0.4, -0.2) is 23.5 Å². The fraction of sp³-hybridized carbons (Fsp3) is 0.200. The van der Waals surface area contributed by atoms with E-state index in [9.17, 15) is 14.9 Å². The van der Waals surface area contributed by atoms with E-state index >= 15 is 0 Å². The molecule has 6 nitrogen and oxygen atoms in total. The number of aryl methyl sites for hydroxylation is 1. The number of nitriles is 1. The molecule has 0 bridgehead atoms. The van der Waals surface area contributed by atoms with Crippen LogP contribution in [0.25, 0.3) is 16.3 Å². The topological polar surface area (TPSA) is 92.1 Å². The number of aromatic nitrogens is 1. The van der Waals surface area contributed by atoms with Crippen LogP contribution >= 0.6 is 22.7 Å². The molecule has 1 N–H and O–H groups in total. The van der Waals surface area contributed by atoms with E-state index in [0.29, 0.717) is 15.6 Å². The van der Waals surface area contributed by atoms with Crippen LogP contribution < -0.4 is 5.32 Å². The molecule has 4 rings (SSSR count). The third-order valence-corrected chi connectivity index (χ3v) is 6.51. The van der Waals surface area contributed by atoms with Gasteiger partial charge in [-0.3, -0.25) is 4.79 Å². The number of nitrogens with zero attached hydrogens (tertiary/aromatic N) is 2. The van der Waals surface area contributed by atoms with E-state index in [4.69, 9.17) is 4.74 Å². The number of rotatable bonds is 5. The van der Waals surface area contributed by atoms with Crippen molar-refractivity contribution >= 4 is 55.8 Å². The van der Waals surface area contributed by atoms with E-state index < -0.39 is 18.5 Å². The summed E-state index contributed by atoms with van der Waals surface area (Å²) in [5.74, 6) is -1.08. The second-order valence-electron chi connectivity index (χ2n) is 6.18. The molecule has 0 saturated carbocycles. The predicted molar refractivity (Wildman–Crippen MR) is 109 cm³/mol. The molecule has 1 aliphatic carbocycles. The fourth-order valence-electron chi connectivity index (χ4n) is 3.06. The van der Waals surface area contributed by atoms with Gasteiger partial charge in [0, 0.05) is 11.0 Å². The van der Waals surface area contributed by atoms with Crippen LogP contribution in [0.4, 0.5) is 5.00 Å². The maximum Gasteiger partial charge on any atom is 0.331 e. The van der Waals surface area contributed by atoms with Gasteiger partial charge in [-0.2, -0.15) is 5.26 Å². The molecule has 0 unspecified atom stereocenters. The average molecular weight is 409 g/mol. The summed E-state index contributed by atoms with van der Waals surface area (Å²) in [6.45, 7) is -0.406. The SMILES string of the molecule is N#Cc1c(NC(=O)COC(=O)C=Cc2nc3ccccc3s2)sc2c1CCC2. The number of hydrogen-bond donors (Lipinski definition) is 1. The number of hydrogen-bond acceptors (Lipinski definition) is 7. The van der Waals surface area contributed by atoms with Gasteiger partial charge in [0.05, 0.1) is 15.8 Å². The summed E-state index contributed by atoms with van der Waals surface area (Å²) < 4.78 is 6.02. The largest absolute Gasteiger partial charge is 0.452 e. The Morgan fingerprint density at radius 2 is 2.14 bits per heavy atom. The van der Waals surface area contributed by atoms with E-state index in [0.717, 1.165) is 39.9 Å². The van der Waals surface area contributed by atoms with Crippen molar-refractivity contribution in [2.24, 2.45) is 0 Å². The number of para-hydroxylation sites is 1. The zero-order valence-corrected chi connectivity index (χ0v) is 16.4. The molecule has 0 saturated heterocycles. The van der Waals surface area contributed by atoms with Gasteiger partial charge in [-0.25, -0.2) is 9.78 Å². The minimum absolute atomic E-state index is 0.406. The van der Waals surface area contributed by atoms with Gasteiger partial charge in [0.25, 0.3) is 5.91 Å². The second kappa shape index (κ2) is 7.92. The molecule has 3 aromatic rings. The number of amides is 1. The Bertz CT molecular complexity index is 1100. The van der Waals surface area contributed by atoms with Crippen LogP contribution in [0.3, 0.4) is 0 Å². The van der Waals surface area contributed by atoms with Crippen molar-refractivity contribution in [2.45, 2.75) is 19.3 Å². The van der Waals surface area contributed by atoms with Crippen molar-refractivity contribution in [1.29, 1.82) is 5.26 Å². The van der Waals surface area contributed by atoms with Gasteiger partial charge in [0.1, 0.15) is 16.1 Å². The zero-order valence-electron chi connectivity index (χ0n) is 14.7. The Morgan fingerprint density at radius 3 is 2.96 bits per heavy atom. The average Bonchev–Trinajstić information content (AvgIpc) is 3.38. The van der Waals surface area contributed by atoms with Crippen molar-refractivity contribution in [3.05, 3.63) is 51.4 Å². The zero-order chi connectivity index (χ0) is 19.5. The van der Waals surface area contributed by atoms with Gasteiger partial charge in [-0.1, -0.05) is 12.1 Å². The van der Waals surface area contributed by atoms with Crippen LogP contribution in [0, 0.1) is 11.3 Å². The third-order valence-electron chi connectivity index (χ3n) is 4.30. The molecule has 1 aliphatic rings. The number of thiazole rings is 1. The number of ether oxygens (including phenoxy) is 1. The van der Waals surface area contributed by atoms with E-state index in [1.165, 1.54) is 28.7 Å². The van der Waals surface area contributed by atoms with Crippen molar-refractivity contribution in [3.8, 4) is 6.07 Å². The quantitative estimate of drug-likeness (QED) is 0.509. The first kappa shape index (κ1) is 18.3. The normalized spacial score (nSPS) is 12.8. The molecule has 8 heteroatoms. The van der Waals surface area contributed by atoms with Crippen LogP contribution in [0.5, 0.6) is 0 Å². The maximum atomic E-state index is 12.1. The van der Waals surface area contributed by atoms with Crippen LogP contribution in [-0.2, 0) is 27.2 Å². The molecule has 1 amide bonds. The lowest BCUT2D eigenvalue weighted by Gasteiger charge is -2.04. The molecule has 140 valence electrons. The summed E-state index contributed by atoms with van der Waals surface area (Å²) in [7, 11) is 0. The monoisotopic (exact) mass is 409 g/mol. The Kier molecular flexibility index (Phi) is 5.19. The molecule has 0 atom stereocenters. The van der Waals surface area contributed by atoms with Gasteiger partial charge in [-0.15, -0.1) is 22.7 Å². The van der Waals surface area contributed by atoms with Crippen LogP contribution in [0.15, 0.2) is 30.3 Å². The number of carbonyl (C=O) groups is 2. The molecule has 28 heavy (non-hydrogen) atoms. The van der Waals surface area contributed by atoms with Crippen LogP contribution in [0.1, 0.15) is 27.4 Å². The van der Waals surface area contributed by atoms with Crippen LogP contribution in [0.2, 0.25) is 0 Å². The van der Waals surface area contributed by atoms with Crippen molar-refractivity contribution < 1.29 is 14.3 Å². The minimum atomic E-state index is -0.622. The molecule has 0 aliphatic heterocycles. The van der Waals surface area contributed by atoms with E-state index in [-0.39, 0.29) is 0 Å². The Labute approximate surface area is 169 Å². The third kappa shape index (κ3) is 3.81. The first-order chi connectivity index (χ1) is 13.6. The van der Waals surface area contributed by atoms with Gasteiger partial charge in [0.15, 0.2) is 6.61 Å². The second-order valence-corrected chi connectivity index (χ2v) is 8.35. The first-order valence-corrected chi connectivity index (χ1v) is 10.3. The summed E-state index contributed by atoms with van der Waals surface area (Å²) in [5, 5.41) is 13.3. The lowest BCUT2D eigenvalue weighted by atomic mass is 10.1. The Hall–Kier alpha value is -3.02. The molecular formula is C20H15N3O3S2. The molecule has 1 aromatic carbocycles. The number of benzene rings is 1. The number of fused-ring (bicyclic) bond motifs is 2. The van der Waals surface area contributed by atoms with E-state index in [1.54, 1.807) is 6.08 Å². The number of nitrogens with one attached hydrogen (secondary N) is 1. The van der Waals surface area contributed by atoms with E-state index in [1.807, 2.05) is 24.3 Å². The van der Waals surface area contributed by atoms with Gasteiger partial charge in [-0.05, 0) is 43.0 Å². The summed E-state index contributed by atoms with van der Waals surface area (Å²) in [5.41, 5.74) is 2.45. The van der Waals surface area contributed by atoms with Crippen molar-refractivity contribution in [1.82, 2.24) is 4.98 Å². The summed E-state index contributed by atoms with van der Waals surface area (Å²) in [6, 6.07) is 9.87.